The second-order valence-corrected chi connectivity index (χ2v) is 5.63. The minimum atomic E-state index is 0.326. The fourth-order valence-corrected chi connectivity index (χ4v) is 2.23. The van der Waals surface area contributed by atoms with Crippen molar-refractivity contribution in [3.05, 3.63) is 60.2 Å². The van der Waals surface area contributed by atoms with Crippen LogP contribution in [0, 0.1) is 0 Å². The molecule has 0 saturated heterocycles. The van der Waals surface area contributed by atoms with Gasteiger partial charge in [-0.2, -0.15) is 0 Å². The normalized spacial score (nSPS) is 12.1. The van der Waals surface area contributed by atoms with Gasteiger partial charge in [0.15, 0.2) is 0 Å². The maximum absolute atomic E-state index is 5.80. The van der Waals surface area contributed by atoms with Crippen LogP contribution >= 0.6 is 0 Å². The van der Waals surface area contributed by atoms with E-state index in [9.17, 15) is 0 Å². The topological polar surface area (TPSA) is 18.5 Å². The van der Waals surface area contributed by atoms with Crippen LogP contribution in [-0.2, 0) is 11.2 Å². The predicted octanol–water partition coefficient (Wildman–Crippen LogP) is 5.62. The summed E-state index contributed by atoms with van der Waals surface area (Å²) in [5.74, 6) is 1.75. The molecule has 0 N–H and O–H groups in total. The molecule has 0 fully saturated rings. The summed E-state index contributed by atoms with van der Waals surface area (Å²) < 4.78 is 11.6. The van der Waals surface area contributed by atoms with Crippen LogP contribution in [0.1, 0.15) is 38.7 Å². The number of ether oxygens (including phenoxy) is 2. The van der Waals surface area contributed by atoms with Crippen molar-refractivity contribution in [1.82, 2.24) is 0 Å². The Morgan fingerprint density at radius 2 is 1.59 bits per heavy atom. The van der Waals surface area contributed by atoms with Gasteiger partial charge in [-0.15, -0.1) is 0 Å². The molecule has 0 aliphatic rings. The molecule has 0 saturated carbocycles. The highest BCUT2D eigenvalue weighted by atomic mass is 16.5. The fourth-order valence-electron chi connectivity index (χ4n) is 2.23. The summed E-state index contributed by atoms with van der Waals surface area (Å²) in [6.07, 6.45) is 4.76. The Balaban J connectivity index is 1.77. The second-order valence-electron chi connectivity index (χ2n) is 5.63. The summed E-state index contributed by atoms with van der Waals surface area (Å²) in [5.41, 5.74) is 1.33. The first-order valence-electron chi connectivity index (χ1n) is 8.21. The summed E-state index contributed by atoms with van der Waals surface area (Å²) in [6, 6.07) is 18.2. The molecule has 0 amide bonds. The SMILES string of the molecule is CCCCOC(C)CCc1ccc(Oc2ccccc2)cc1. The molecule has 118 valence electrons. The molecule has 2 aromatic rings. The monoisotopic (exact) mass is 298 g/mol. The lowest BCUT2D eigenvalue weighted by molar-refractivity contribution is 0.0586. The third-order valence-corrected chi connectivity index (χ3v) is 3.64. The van der Waals surface area contributed by atoms with Crippen LogP contribution < -0.4 is 4.74 Å². The van der Waals surface area contributed by atoms with Crippen LogP contribution in [-0.4, -0.2) is 12.7 Å². The van der Waals surface area contributed by atoms with Gasteiger partial charge in [0.1, 0.15) is 11.5 Å². The maximum atomic E-state index is 5.80. The summed E-state index contributed by atoms with van der Waals surface area (Å²) in [6.45, 7) is 5.22. The van der Waals surface area contributed by atoms with Crippen LogP contribution in [0.25, 0.3) is 0 Å². The van der Waals surface area contributed by atoms with E-state index < -0.39 is 0 Å². The van der Waals surface area contributed by atoms with Gasteiger partial charge < -0.3 is 9.47 Å². The number of para-hydroxylation sites is 1. The first kappa shape index (κ1) is 16.6. The average Bonchev–Trinajstić information content (AvgIpc) is 2.55. The Morgan fingerprint density at radius 3 is 2.27 bits per heavy atom. The number of hydrogen-bond donors (Lipinski definition) is 0. The van der Waals surface area contributed by atoms with Crippen molar-refractivity contribution in [3.63, 3.8) is 0 Å². The third-order valence-electron chi connectivity index (χ3n) is 3.64. The summed E-state index contributed by atoms with van der Waals surface area (Å²) >= 11 is 0. The molecule has 2 heteroatoms. The van der Waals surface area contributed by atoms with Crippen LogP contribution in [0.2, 0.25) is 0 Å². The van der Waals surface area contributed by atoms with Gasteiger partial charge in [0.2, 0.25) is 0 Å². The fraction of sp³-hybridized carbons (Fsp3) is 0.400. The average molecular weight is 298 g/mol. The van der Waals surface area contributed by atoms with Gasteiger partial charge in [0, 0.05) is 6.61 Å². The zero-order valence-corrected chi connectivity index (χ0v) is 13.6. The van der Waals surface area contributed by atoms with Crippen molar-refractivity contribution in [2.24, 2.45) is 0 Å². The Labute approximate surface area is 134 Å². The summed E-state index contributed by atoms with van der Waals surface area (Å²) in [4.78, 5) is 0. The van der Waals surface area contributed by atoms with Crippen LogP contribution in [0.3, 0.4) is 0 Å². The van der Waals surface area contributed by atoms with E-state index in [2.05, 4.69) is 26.0 Å². The Morgan fingerprint density at radius 1 is 0.909 bits per heavy atom. The Hall–Kier alpha value is -1.80. The van der Waals surface area contributed by atoms with Gasteiger partial charge in [0.05, 0.1) is 6.10 Å². The highest BCUT2D eigenvalue weighted by Gasteiger charge is 2.03. The molecule has 0 heterocycles. The van der Waals surface area contributed by atoms with Gasteiger partial charge in [0.25, 0.3) is 0 Å². The van der Waals surface area contributed by atoms with Gasteiger partial charge in [-0.1, -0.05) is 43.7 Å². The molecule has 0 aliphatic carbocycles. The van der Waals surface area contributed by atoms with E-state index >= 15 is 0 Å². The van der Waals surface area contributed by atoms with E-state index in [0.29, 0.717) is 6.10 Å². The van der Waals surface area contributed by atoms with Gasteiger partial charge in [-0.3, -0.25) is 0 Å². The molecule has 2 aromatic carbocycles. The summed E-state index contributed by atoms with van der Waals surface area (Å²) in [7, 11) is 0. The van der Waals surface area contributed by atoms with Crippen molar-refractivity contribution in [2.45, 2.75) is 45.6 Å². The molecular formula is C20H26O2. The molecule has 1 unspecified atom stereocenters. The molecule has 0 aromatic heterocycles. The quantitative estimate of drug-likeness (QED) is 0.560. The Bertz CT molecular complexity index is 519. The van der Waals surface area contributed by atoms with E-state index in [4.69, 9.17) is 9.47 Å². The van der Waals surface area contributed by atoms with Crippen molar-refractivity contribution in [1.29, 1.82) is 0 Å². The standard InChI is InChI=1S/C20H26O2/c1-3-4-16-21-17(2)10-11-18-12-14-20(15-13-18)22-19-8-6-5-7-9-19/h5-9,12-15,17H,3-4,10-11,16H2,1-2H3. The minimum absolute atomic E-state index is 0.326. The van der Waals surface area contributed by atoms with Gasteiger partial charge in [-0.25, -0.2) is 0 Å². The van der Waals surface area contributed by atoms with Crippen molar-refractivity contribution in [2.75, 3.05) is 6.61 Å². The number of unbranched alkanes of at least 4 members (excludes halogenated alkanes) is 1. The zero-order chi connectivity index (χ0) is 15.6. The largest absolute Gasteiger partial charge is 0.457 e. The first-order chi connectivity index (χ1) is 10.8. The number of hydrogen-bond acceptors (Lipinski definition) is 2. The molecular weight excluding hydrogens is 272 g/mol. The van der Waals surface area contributed by atoms with Crippen molar-refractivity contribution >= 4 is 0 Å². The number of benzene rings is 2. The Kier molecular flexibility index (Phi) is 6.98. The van der Waals surface area contributed by atoms with Crippen LogP contribution in [0.4, 0.5) is 0 Å². The molecule has 0 radical (unpaired) electrons. The first-order valence-corrected chi connectivity index (χ1v) is 8.21. The molecule has 22 heavy (non-hydrogen) atoms. The smallest absolute Gasteiger partial charge is 0.127 e. The highest BCUT2D eigenvalue weighted by molar-refractivity contribution is 5.32. The zero-order valence-electron chi connectivity index (χ0n) is 13.6. The number of rotatable bonds is 9. The number of aryl methyl sites for hydroxylation is 1. The molecule has 2 rings (SSSR count). The minimum Gasteiger partial charge on any atom is -0.457 e. The molecule has 0 aliphatic heterocycles. The van der Waals surface area contributed by atoms with E-state index in [1.807, 2.05) is 42.5 Å². The van der Waals surface area contributed by atoms with E-state index in [-0.39, 0.29) is 0 Å². The molecule has 2 nitrogen and oxygen atoms in total. The van der Waals surface area contributed by atoms with Gasteiger partial charge in [-0.05, 0) is 56.0 Å². The lowest BCUT2D eigenvalue weighted by Gasteiger charge is -2.13. The van der Waals surface area contributed by atoms with Crippen LogP contribution in [0.15, 0.2) is 54.6 Å². The second kappa shape index (κ2) is 9.26. The van der Waals surface area contributed by atoms with Gasteiger partial charge >= 0.3 is 0 Å². The lowest BCUT2D eigenvalue weighted by atomic mass is 10.1. The highest BCUT2D eigenvalue weighted by Crippen LogP contribution is 2.21. The van der Waals surface area contributed by atoms with E-state index in [1.165, 1.54) is 12.0 Å². The van der Waals surface area contributed by atoms with Crippen LogP contribution in [0.5, 0.6) is 11.5 Å². The van der Waals surface area contributed by atoms with Crippen molar-refractivity contribution in [3.8, 4) is 11.5 Å². The predicted molar refractivity (Wildman–Crippen MR) is 91.6 cm³/mol. The lowest BCUT2D eigenvalue weighted by Crippen LogP contribution is -2.10. The molecule has 0 spiro atoms. The molecule has 0 bridgehead atoms. The maximum Gasteiger partial charge on any atom is 0.127 e. The van der Waals surface area contributed by atoms with E-state index in [1.54, 1.807) is 0 Å². The molecule has 1 atom stereocenters. The van der Waals surface area contributed by atoms with E-state index in [0.717, 1.165) is 37.4 Å². The summed E-state index contributed by atoms with van der Waals surface area (Å²) in [5, 5.41) is 0. The third kappa shape index (κ3) is 5.90. The van der Waals surface area contributed by atoms with Crippen molar-refractivity contribution < 1.29 is 9.47 Å².